The Labute approximate surface area is 173 Å². The summed E-state index contributed by atoms with van der Waals surface area (Å²) in [5.74, 6) is -0.435. The van der Waals surface area contributed by atoms with Gasteiger partial charge >= 0.3 is 6.18 Å². The van der Waals surface area contributed by atoms with Crippen molar-refractivity contribution in [1.82, 2.24) is 4.90 Å². The monoisotopic (exact) mass is 420 g/mol. The Kier molecular flexibility index (Phi) is 5.34. The zero-order valence-electron chi connectivity index (χ0n) is 16.8. The number of carbonyl (C=O) groups is 1. The van der Waals surface area contributed by atoms with E-state index in [9.17, 15) is 22.4 Å². The maximum absolute atomic E-state index is 14.6. The van der Waals surface area contributed by atoms with Crippen LogP contribution in [-0.4, -0.2) is 29.6 Å². The molecule has 0 radical (unpaired) electrons. The van der Waals surface area contributed by atoms with Crippen LogP contribution in [0.5, 0.6) is 0 Å². The van der Waals surface area contributed by atoms with Crippen LogP contribution >= 0.6 is 0 Å². The highest BCUT2D eigenvalue weighted by Crippen LogP contribution is 2.39. The summed E-state index contributed by atoms with van der Waals surface area (Å²) in [5, 5.41) is 0. The molecule has 7 heteroatoms. The molecule has 1 unspecified atom stereocenters. The second-order valence-electron chi connectivity index (χ2n) is 8.48. The number of alkyl halides is 4. The molecule has 4 rings (SSSR count). The number of amides is 1. The van der Waals surface area contributed by atoms with Gasteiger partial charge in [0.1, 0.15) is 5.67 Å². The third-order valence-electron chi connectivity index (χ3n) is 5.86. The van der Waals surface area contributed by atoms with Gasteiger partial charge in [0.25, 0.3) is 5.91 Å². The van der Waals surface area contributed by atoms with Crippen LogP contribution in [0, 0.1) is 0 Å². The Morgan fingerprint density at radius 1 is 1.10 bits per heavy atom. The number of para-hydroxylation sites is 1. The fourth-order valence-electron chi connectivity index (χ4n) is 4.48. The molecule has 0 aliphatic carbocycles. The number of hydrogen-bond donors (Lipinski definition) is 0. The fraction of sp³-hybridized carbons (Fsp3) is 0.435. The first-order chi connectivity index (χ1) is 14.1. The summed E-state index contributed by atoms with van der Waals surface area (Å²) in [6, 6.07) is 11.4. The second kappa shape index (κ2) is 7.69. The Morgan fingerprint density at radius 2 is 1.83 bits per heavy atom. The van der Waals surface area contributed by atoms with E-state index < -0.39 is 23.3 Å². The molecule has 2 aromatic carbocycles. The van der Waals surface area contributed by atoms with Crippen molar-refractivity contribution in [3.05, 3.63) is 64.7 Å². The molecule has 0 spiro atoms. The normalized spacial score (nSPS) is 22.8. The summed E-state index contributed by atoms with van der Waals surface area (Å²) in [6.45, 7) is 2.42. The van der Waals surface area contributed by atoms with Crippen LogP contribution in [0.2, 0.25) is 0 Å². The molecule has 1 saturated heterocycles. The van der Waals surface area contributed by atoms with Crippen LogP contribution in [0.25, 0.3) is 0 Å². The van der Waals surface area contributed by atoms with E-state index in [1.807, 2.05) is 4.90 Å². The van der Waals surface area contributed by atoms with Crippen LogP contribution in [0.3, 0.4) is 0 Å². The van der Waals surface area contributed by atoms with Crippen molar-refractivity contribution < 1.29 is 22.4 Å². The van der Waals surface area contributed by atoms with Crippen molar-refractivity contribution in [3.8, 4) is 0 Å². The maximum Gasteiger partial charge on any atom is 0.416 e. The predicted molar refractivity (Wildman–Crippen MR) is 107 cm³/mol. The summed E-state index contributed by atoms with van der Waals surface area (Å²) in [6.07, 6.45) is -2.56. The third-order valence-corrected chi connectivity index (χ3v) is 5.86. The lowest BCUT2D eigenvalue weighted by Crippen LogP contribution is -2.35. The van der Waals surface area contributed by atoms with Gasteiger partial charge in [-0.3, -0.25) is 9.69 Å². The molecule has 0 aromatic heterocycles. The number of anilines is 1. The van der Waals surface area contributed by atoms with Gasteiger partial charge in [-0.05, 0) is 68.1 Å². The molecule has 1 atom stereocenters. The molecular weight excluding hydrogens is 396 g/mol. The average molecular weight is 420 g/mol. The topological polar surface area (TPSA) is 23.6 Å². The van der Waals surface area contributed by atoms with Gasteiger partial charge in [0.15, 0.2) is 0 Å². The van der Waals surface area contributed by atoms with E-state index in [0.29, 0.717) is 24.2 Å². The van der Waals surface area contributed by atoms with E-state index in [4.69, 9.17) is 0 Å². The molecule has 1 fully saturated rings. The Balaban J connectivity index is 1.69. The van der Waals surface area contributed by atoms with Crippen molar-refractivity contribution in [2.45, 2.75) is 51.1 Å². The zero-order chi connectivity index (χ0) is 21.5. The van der Waals surface area contributed by atoms with Gasteiger partial charge in [-0.25, -0.2) is 4.39 Å². The van der Waals surface area contributed by atoms with Gasteiger partial charge in [0.05, 0.1) is 12.1 Å². The largest absolute Gasteiger partial charge is 0.416 e. The van der Waals surface area contributed by atoms with Gasteiger partial charge in [-0.15, -0.1) is 0 Å². The van der Waals surface area contributed by atoms with Gasteiger partial charge in [0.2, 0.25) is 0 Å². The average Bonchev–Trinajstić information content (AvgIpc) is 2.90. The van der Waals surface area contributed by atoms with E-state index in [-0.39, 0.29) is 30.8 Å². The highest BCUT2D eigenvalue weighted by molar-refractivity contribution is 6.10. The molecular formula is C23H24F4N2O. The van der Waals surface area contributed by atoms with E-state index in [2.05, 4.69) is 0 Å². The number of likely N-dealkylation sites (tertiary alicyclic amines) is 1. The molecule has 1 amide bonds. The Hall–Kier alpha value is -2.41. The van der Waals surface area contributed by atoms with E-state index in [1.54, 1.807) is 36.4 Å². The van der Waals surface area contributed by atoms with Gasteiger partial charge in [0, 0.05) is 24.3 Å². The van der Waals surface area contributed by atoms with Gasteiger partial charge in [-0.2, -0.15) is 13.2 Å². The lowest BCUT2D eigenvalue weighted by atomic mass is 9.98. The Bertz CT molecular complexity index is 940. The zero-order valence-corrected chi connectivity index (χ0v) is 16.8. The molecule has 30 heavy (non-hydrogen) atoms. The Morgan fingerprint density at radius 3 is 2.53 bits per heavy atom. The lowest BCUT2D eigenvalue weighted by Gasteiger charge is -2.27. The lowest BCUT2D eigenvalue weighted by molar-refractivity contribution is -0.138. The molecule has 0 bridgehead atoms. The summed E-state index contributed by atoms with van der Waals surface area (Å²) in [7, 11) is 0. The summed E-state index contributed by atoms with van der Waals surface area (Å²) in [5.41, 5.74) is -1.09. The standard InChI is InChI=1S/C23H24F4N2O/c1-22(24)9-5-6-10-28(15-22)13-16-11-18-19(20(12-16)23(25,26)27)14-29(21(18)30)17-7-3-2-4-8-17/h2-4,7-8,11-12H,5-6,9-10,13-15H2,1H3. The van der Waals surface area contributed by atoms with Crippen LogP contribution in [-0.2, 0) is 19.3 Å². The van der Waals surface area contributed by atoms with E-state index in [0.717, 1.165) is 18.9 Å². The van der Waals surface area contributed by atoms with Crippen LogP contribution in [0.15, 0.2) is 42.5 Å². The van der Waals surface area contributed by atoms with E-state index in [1.165, 1.54) is 11.8 Å². The molecule has 3 nitrogen and oxygen atoms in total. The van der Waals surface area contributed by atoms with Crippen molar-refractivity contribution in [1.29, 1.82) is 0 Å². The second-order valence-corrected chi connectivity index (χ2v) is 8.48. The highest BCUT2D eigenvalue weighted by atomic mass is 19.4. The predicted octanol–water partition coefficient (Wildman–Crippen LogP) is 5.58. The van der Waals surface area contributed by atoms with Crippen molar-refractivity contribution >= 4 is 11.6 Å². The van der Waals surface area contributed by atoms with Crippen molar-refractivity contribution in [2.24, 2.45) is 0 Å². The SMILES string of the molecule is CC1(F)CCCCN(Cc2cc3c(c(C(F)(F)F)c2)CN(c2ccccc2)C3=O)C1. The van der Waals surface area contributed by atoms with E-state index >= 15 is 0 Å². The quantitative estimate of drug-likeness (QED) is 0.606. The van der Waals surface area contributed by atoms with Crippen LogP contribution in [0.1, 0.15) is 53.2 Å². The van der Waals surface area contributed by atoms with Crippen LogP contribution in [0.4, 0.5) is 23.2 Å². The number of carbonyl (C=O) groups excluding carboxylic acids is 1. The minimum atomic E-state index is -4.57. The first-order valence-electron chi connectivity index (χ1n) is 10.2. The van der Waals surface area contributed by atoms with Crippen LogP contribution < -0.4 is 4.90 Å². The molecule has 0 N–H and O–H groups in total. The minimum absolute atomic E-state index is 0.00583. The summed E-state index contributed by atoms with van der Waals surface area (Å²) < 4.78 is 56.1. The summed E-state index contributed by atoms with van der Waals surface area (Å²) >= 11 is 0. The number of nitrogens with zero attached hydrogens (tertiary/aromatic N) is 2. The van der Waals surface area contributed by atoms with Crippen molar-refractivity contribution in [2.75, 3.05) is 18.0 Å². The molecule has 0 saturated carbocycles. The highest BCUT2D eigenvalue weighted by Gasteiger charge is 2.40. The first kappa shape index (κ1) is 20.8. The third kappa shape index (κ3) is 4.21. The number of rotatable bonds is 3. The smallest absolute Gasteiger partial charge is 0.304 e. The fourth-order valence-corrected chi connectivity index (χ4v) is 4.48. The molecule has 2 aliphatic rings. The number of halogens is 4. The number of benzene rings is 2. The first-order valence-corrected chi connectivity index (χ1v) is 10.2. The maximum atomic E-state index is 14.6. The molecule has 2 aliphatic heterocycles. The minimum Gasteiger partial charge on any atom is -0.304 e. The molecule has 2 heterocycles. The summed E-state index contributed by atoms with van der Waals surface area (Å²) in [4.78, 5) is 16.2. The van der Waals surface area contributed by atoms with Gasteiger partial charge in [-0.1, -0.05) is 18.2 Å². The van der Waals surface area contributed by atoms with Crippen molar-refractivity contribution in [3.63, 3.8) is 0 Å². The number of hydrogen-bond acceptors (Lipinski definition) is 2. The number of fused-ring (bicyclic) bond motifs is 1. The van der Waals surface area contributed by atoms with Gasteiger partial charge < -0.3 is 4.90 Å². The molecule has 160 valence electrons. The molecule has 2 aromatic rings.